The fourth-order valence-corrected chi connectivity index (χ4v) is 2.99. The number of para-hydroxylation sites is 1. The molecule has 0 aliphatic carbocycles. The molecule has 0 spiro atoms. The standard InChI is InChI=1S/C18H18N2O3/c21-18(10-13-11-22-8-7-19-13)20-12-5-6-15-14-3-1-2-4-16(14)23-17(15)9-12/h1-6,9,13,19H,7-8,10-11H2,(H,20,21). The number of amides is 1. The summed E-state index contributed by atoms with van der Waals surface area (Å²) < 4.78 is 11.2. The van der Waals surface area contributed by atoms with Crippen LogP contribution >= 0.6 is 0 Å². The van der Waals surface area contributed by atoms with Gasteiger partial charge in [-0.1, -0.05) is 18.2 Å². The second kappa shape index (κ2) is 6.02. The number of fused-ring (bicyclic) bond motifs is 3. The molecule has 4 rings (SSSR count). The molecule has 5 nitrogen and oxygen atoms in total. The lowest BCUT2D eigenvalue weighted by Crippen LogP contribution is -2.43. The van der Waals surface area contributed by atoms with Gasteiger partial charge in [-0.15, -0.1) is 0 Å². The van der Waals surface area contributed by atoms with Crippen molar-refractivity contribution in [3.8, 4) is 0 Å². The zero-order valence-electron chi connectivity index (χ0n) is 12.7. The highest BCUT2D eigenvalue weighted by Gasteiger charge is 2.17. The number of nitrogens with one attached hydrogen (secondary N) is 2. The zero-order valence-corrected chi connectivity index (χ0v) is 12.7. The first-order valence-corrected chi connectivity index (χ1v) is 7.82. The predicted octanol–water partition coefficient (Wildman–Crippen LogP) is 2.90. The minimum atomic E-state index is -0.0246. The van der Waals surface area contributed by atoms with E-state index in [9.17, 15) is 4.79 Å². The van der Waals surface area contributed by atoms with Crippen molar-refractivity contribution in [3.05, 3.63) is 42.5 Å². The summed E-state index contributed by atoms with van der Waals surface area (Å²) in [5.41, 5.74) is 2.39. The number of morpholine rings is 1. The minimum Gasteiger partial charge on any atom is -0.456 e. The van der Waals surface area contributed by atoms with Gasteiger partial charge in [0.05, 0.1) is 13.2 Å². The Bertz CT molecular complexity index is 850. The maximum atomic E-state index is 12.2. The second-order valence-corrected chi connectivity index (χ2v) is 5.79. The van der Waals surface area contributed by atoms with Crippen molar-refractivity contribution < 1.29 is 13.9 Å². The SMILES string of the molecule is O=C(CC1COCCN1)Nc1ccc2c(c1)oc1ccccc12. The van der Waals surface area contributed by atoms with Crippen LogP contribution in [0.5, 0.6) is 0 Å². The van der Waals surface area contributed by atoms with Gasteiger partial charge in [0.1, 0.15) is 11.2 Å². The quantitative estimate of drug-likeness (QED) is 0.781. The van der Waals surface area contributed by atoms with Gasteiger partial charge in [0.25, 0.3) is 0 Å². The topological polar surface area (TPSA) is 63.5 Å². The first-order chi connectivity index (χ1) is 11.3. The lowest BCUT2D eigenvalue weighted by molar-refractivity contribution is -0.117. The predicted molar refractivity (Wildman–Crippen MR) is 89.6 cm³/mol. The number of anilines is 1. The molecule has 2 N–H and O–H groups in total. The van der Waals surface area contributed by atoms with Gasteiger partial charge in [-0.2, -0.15) is 0 Å². The normalized spacial score (nSPS) is 18.3. The fraction of sp³-hybridized carbons (Fsp3) is 0.278. The first-order valence-electron chi connectivity index (χ1n) is 7.82. The van der Waals surface area contributed by atoms with Gasteiger partial charge in [-0.25, -0.2) is 0 Å². The van der Waals surface area contributed by atoms with Crippen LogP contribution in [0.1, 0.15) is 6.42 Å². The van der Waals surface area contributed by atoms with Crippen LogP contribution in [0, 0.1) is 0 Å². The Hall–Kier alpha value is -2.37. The Balaban J connectivity index is 1.52. The Labute approximate surface area is 133 Å². The molecule has 1 unspecified atom stereocenters. The molecule has 1 fully saturated rings. The fourth-order valence-electron chi connectivity index (χ4n) is 2.99. The lowest BCUT2D eigenvalue weighted by atomic mass is 10.1. The molecule has 0 saturated carbocycles. The van der Waals surface area contributed by atoms with E-state index in [1.807, 2.05) is 42.5 Å². The Morgan fingerprint density at radius 3 is 2.91 bits per heavy atom. The van der Waals surface area contributed by atoms with Gasteiger partial charge in [-0.05, 0) is 18.2 Å². The molecule has 0 radical (unpaired) electrons. The molecule has 2 heterocycles. The number of benzene rings is 2. The molecule has 1 aromatic heterocycles. The molecule has 1 amide bonds. The minimum absolute atomic E-state index is 0.0246. The van der Waals surface area contributed by atoms with Gasteiger partial charge >= 0.3 is 0 Å². The summed E-state index contributed by atoms with van der Waals surface area (Å²) >= 11 is 0. The average Bonchev–Trinajstić information content (AvgIpc) is 2.93. The van der Waals surface area contributed by atoms with Crippen molar-refractivity contribution in [2.45, 2.75) is 12.5 Å². The Kier molecular flexibility index (Phi) is 3.73. The van der Waals surface area contributed by atoms with E-state index in [1.54, 1.807) is 0 Å². The van der Waals surface area contributed by atoms with Crippen molar-refractivity contribution in [1.82, 2.24) is 5.32 Å². The molecule has 1 atom stereocenters. The van der Waals surface area contributed by atoms with Crippen LogP contribution in [-0.4, -0.2) is 31.7 Å². The lowest BCUT2D eigenvalue weighted by Gasteiger charge is -2.23. The third kappa shape index (κ3) is 2.93. The van der Waals surface area contributed by atoms with Crippen molar-refractivity contribution in [2.75, 3.05) is 25.1 Å². The number of carbonyl (C=O) groups is 1. The highest BCUT2D eigenvalue weighted by molar-refractivity contribution is 6.06. The van der Waals surface area contributed by atoms with E-state index in [1.165, 1.54) is 0 Å². The molecule has 0 bridgehead atoms. The molecule has 1 aliphatic heterocycles. The van der Waals surface area contributed by atoms with Crippen LogP contribution in [0.2, 0.25) is 0 Å². The summed E-state index contributed by atoms with van der Waals surface area (Å²) in [6.07, 6.45) is 0.401. The molecular weight excluding hydrogens is 292 g/mol. The van der Waals surface area contributed by atoms with E-state index < -0.39 is 0 Å². The maximum Gasteiger partial charge on any atom is 0.226 e. The summed E-state index contributed by atoms with van der Waals surface area (Å²) in [4.78, 5) is 12.2. The van der Waals surface area contributed by atoms with Gasteiger partial charge in [0.2, 0.25) is 5.91 Å². The average molecular weight is 310 g/mol. The van der Waals surface area contributed by atoms with Crippen LogP contribution in [0.15, 0.2) is 46.9 Å². The first kappa shape index (κ1) is 14.2. The zero-order chi connectivity index (χ0) is 15.6. The molecule has 5 heteroatoms. The number of hydrogen-bond donors (Lipinski definition) is 2. The third-order valence-electron chi connectivity index (χ3n) is 4.09. The van der Waals surface area contributed by atoms with Crippen LogP contribution in [-0.2, 0) is 9.53 Å². The van der Waals surface area contributed by atoms with Crippen LogP contribution in [0.4, 0.5) is 5.69 Å². The number of carbonyl (C=O) groups excluding carboxylic acids is 1. The number of hydrogen-bond acceptors (Lipinski definition) is 4. The molecule has 3 aromatic rings. The van der Waals surface area contributed by atoms with Crippen LogP contribution < -0.4 is 10.6 Å². The maximum absolute atomic E-state index is 12.2. The second-order valence-electron chi connectivity index (χ2n) is 5.79. The van der Waals surface area contributed by atoms with Gasteiger partial charge < -0.3 is 19.8 Å². The Morgan fingerprint density at radius 2 is 2.04 bits per heavy atom. The molecule has 23 heavy (non-hydrogen) atoms. The van der Waals surface area contributed by atoms with E-state index in [4.69, 9.17) is 9.15 Å². The summed E-state index contributed by atoms with van der Waals surface area (Å²) in [5.74, 6) is -0.0246. The highest BCUT2D eigenvalue weighted by Crippen LogP contribution is 2.30. The smallest absolute Gasteiger partial charge is 0.226 e. The molecule has 2 aromatic carbocycles. The van der Waals surface area contributed by atoms with E-state index in [2.05, 4.69) is 10.6 Å². The summed E-state index contributed by atoms with van der Waals surface area (Å²) in [7, 11) is 0. The van der Waals surface area contributed by atoms with Gasteiger partial charge in [0, 0.05) is 41.5 Å². The molecule has 1 aliphatic rings. The van der Waals surface area contributed by atoms with Crippen molar-refractivity contribution in [2.24, 2.45) is 0 Å². The van der Waals surface area contributed by atoms with Crippen molar-refractivity contribution in [1.29, 1.82) is 0 Å². The summed E-state index contributed by atoms with van der Waals surface area (Å²) in [6.45, 7) is 2.08. The third-order valence-corrected chi connectivity index (χ3v) is 4.09. The van der Waals surface area contributed by atoms with Crippen molar-refractivity contribution in [3.63, 3.8) is 0 Å². The van der Waals surface area contributed by atoms with E-state index >= 15 is 0 Å². The number of rotatable bonds is 3. The van der Waals surface area contributed by atoms with Crippen LogP contribution in [0.25, 0.3) is 21.9 Å². The summed E-state index contributed by atoms with van der Waals surface area (Å²) in [5, 5.41) is 8.35. The van der Waals surface area contributed by atoms with Crippen LogP contribution in [0.3, 0.4) is 0 Å². The summed E-state index contributed by atoms with van der Waals surface area (Å²) in [6, 6.07) is 13.8. The molecule has 1 saturated heterocycles. The largest absolute Gasteiger partial charge is 0.456 e. The molecular formula is C18H18N2O3. The number of ether oxygens (including phenoxy) is 1. The van der Waals surface area contributed by atoms with Gasteiger partial charge in [0.15, 0.2) is 0 Å². The van der Waals surface area contributed by atoms with E-state index in [-0.39, 0.29) is 11.9 Å². The monoisotopic (exact) mass is 310 g/mol. The van der Waals surface area contributed by atoms with Crippen molar-refractivity contribution >= 4 is 33.5 Å². The number of furan rings is 1. The van der Waals surface area contributed by atoms with E-state index in [0.717, 1.165) is 34.2 Å². The Morgan fingerprint density at radius 1 is 1.17 bits per heavy atom. The molecule has 118 valence electrons. The van der Waals surface area contributed by atoms with E-state index in [0.29, 0.717) is 19.6 Å². The highest BCUT2D eigenvalue weighted by atomic mass is 16.5. The van der Waals surface area contributed by atoms with Gasteiger partial charge in [-0.3, -0.25) is 4.79 Å².